The van der Waals surface area contributed by atoms with Gasteiger partial charge in [0.2, 0.25) is 5.88 Å². The standard InChI is InChI=1S/C17H15N3O2/c1-12-11-18-17(21)20-16(12)22-15-9-7-14(8-10-15)19-13-5-3-2-4-6-13/h2-11,19H,1H3,(H,18,20,21). The van der Waals surface area contributed by atoms with Crippen LogP contribution in [0.15, 0.2) is 65.6 Å². The minimum absolute atomic E-state index is 0.406. The molecule has 0 unspecified atom stereocenters. The zero-order chi connectivity index (χ0) is 15.4. The van der Waals surface area contributed by atoms with E-state index in [1.807, 2.05) is 61.5 Å². The Bertz CT molecular complexity index is 811. The van der Waals surface area contributed by atoms with Crippen LogP contribution in [-0.2, 0) is 0 Å². The van der Waals surface area contributed by atoms with Gasteiger partial charge in [0.05, 0.1) is 0 Å². The van der Waals surface area contributed by atoms with Crippen molar-refractivity contribution in [3.63, 3.8) is 0 Å². The van der Waals surface area contributed by atoms with Crippen LogP contribution in [0.3, 0.4) is 0 Å². The molecule has 0 radical (unpaired) electrons. The second kappa shape index (κ2) is 6.13. The average Bonchev–Trinajstić information content (AvgIpc) is 2.54. The predicted molar refractivity (Wildman–Crippen MR) is 85.8 cm³/mol. The van der Waals surface area contributed by atoms with Crippen molar-refractivity contribution in [2.45, 2.75) is 6.92 Å². The molecule has 0 saturated heterocycles. The van der Waals surface area contributed by atoms with Crippen molar-refractivity contribution < 1.29 is 4.74 Å². The lowest BCUT2D eigenvalue weighted by molar-refractivity contribution is 0.455. The van der Waals surface area contributed by atoms with Gasteiger partial charge in [-0.15, -0.1) is 0 Å². The highest BCUT2D eigenvalue weighted by molar-refractivity contribution is 5.60. The zero-order valence-corrected chi connectivity index (χ0v) is 12.0. The molecule has 0 fully saturated rings. The van der Waals surface area contributed by atoms with Crippen LogP contribution in [0.25, 0.3) is 0 Å². The van der Waals surface area contributed by atoms with Crippen LogP contribution in [0.5, 0.6) is 11.6 Å². The molecule has 0 bridgehead atoms. The lowest BCUT2D eigenvalue weighted by Gasteiger charge is -2.09. The maximum absolute atomic E-state index is 11.2. The maximum atomic E-state index is 11.2. The van der Waals surface area contributed by atoms with Crippen LogP contribution >= 0.6 is 0 Å². The zero-order valence-electron chi connectivity index (χ0n) is 12.0. The molecule has 0 aliphatic carbocycles. The molecule has 0 spiro atoms. The first-order chi connectivity index (χ1) is 10.7. The molecule has 0 amide bonds. The molecule has 5 heteroatoms. The monoisotopic (exact) mass is 293 g/mol. The van der Waals surface area contributed by atoms with Crippen LogP contribution in [0.4, 0.5) is 11.4 Å². The van der Waals surface area contributed by atoms with Gasteiger partial charge in [-0.2, -0.15) is 0 Å². The number of hydrogen-bond donors (Lipinski definition) is 2. The molecule has 110 valence electrons. The number of ether oxygens (including phenoxy) is 1. The van der Waals surface area contributed by atoms with Gasteiger partial charge in [-0.05, 0) is 43.3 Å². The number of hydrogen-bond acceptors (Lipinski definition) is 4. The Morgan fingerprint density at radius 1 is 1.00 bits per heavy atom. The third-order valence-electron chi connectivity index (χ3n) is 3.09. The quantitative estimate of drug-likeness (QED) is 0.771. The second-order valence-corrected chi connectivity index (χ2v) is 4.82. The molecule has 2 N–H and O–H groups in total. The van der Waals surface area contributed by atoms with Crippen LogP contribution in [0, 0.1) is 6.92 Å². The number of aromatic amines is 1. The number of aromatic nitrogens is 2. The van der Waals surface area contributed by atoms with Crippen molar-refractivity contribution in [3.05, 3.63) is 76.8 Å². The Balaban J connectivity index is 1.74. The first-order valence-electron chi connectivity index (χ1n) is 6.86. The van der Waals surface area contributed by atoms with E-state index in [-0.39, 0.29) is 0 Å². The van der Waals surface area contributed by atoms with E-state index in [4.69, 9.17) is 4.74 Å². The van der Waals surface area contributed by atoms with Gasteiger partial charge >= 0.3 is 5.69 Å². The largest absolute Gasteiger partial charge is 0.441 e. The Hall–Kier alpha value is -3.08. The molecule has 22 heavy (non-hydrogen) atoms. The van der Waals surface area contributed by atoms with Gasteiger partial charge in [0, 0.05) is 23.1 Å². The predicted octanol–water partition coefficient (Wildman–Crippen LogP) is 3.61. The van der Waals surface area contributed by atoms with Gasteiger partial charge in [-0.3, -0.25) is 4.98 Å². The van der Waals surface area contributed by atoms with Gasteiger partial charge < -0.3 is 10.1 Å². The van der Waals surface area contributed by atoms with Crippen molar-refractivity contribution in [1.82, 2.24) is 9.97 Å². The van der Waals surface area contributed by atoms with E-state index in [9.17, 15) is 4.79 Å². The number of anilines is 2. The topological polar surface area (TPSA) is 67.0 Å². The number of nitrogens with zero attached hydrogens (tertiary/aromatic N) is 1. The first kappa shape index (κ1) is 13.9. The highest BCUT2D eigenvalue weighted by atomic mass is 16.5. The third kappa shape index (κ3) is 3.32. The fraction of sp³-hybridized carbons (Fsp3) is 0.0588. The van der Waals surface area contributed by atoms with Gasteiger partial charge in [0.15, 0.2) is 0 Å². The summed E-state index contributed by atoms with van der Waals surface area (Å²) in [5.74, 6) is 1.05. The SMILES string of the molecule is Cc1cnc(=O)[nH]c1Oc1ccc(Nc2ccccc2)cc1. The Morgan fingerprint density at radius 3 is 2.41 bits per heavy atom. The molecule has 3 rings (SSSR count). The van der Waals surface area contributed by atoms with Crippen LogP contribution in [0.1, 0.15) is 5.56 Å². The molecule has 0 aliphatic heterocycles. The summed E-state index contributed by atoms with van der Waals surface area (Å²) in [5.41, 5.74) is 2.32. The number of H-pyrrole nitrogens is 1. The summed E-state index contributed by atoms with van der Waals surface area (Å²) in [6, 6.07) is 17.4. The summed E-state index contributed by atoms with van der Waals surface area (Å²) < 4.78 is 5.67. The van der Waals surface area contributed by atoms with E-state index in [0.29, 0.717) is 11.6 Å². The molecule has 0 saturated carbocycles. The highest BCUT2D eigenvalue weighted by Crippen LogP contribution is 2.24. The van der Waals surface area contributed by atoms with Crippen LogP contribution in [-0.4, -0.2) is 9.97 Å². The van der Waals surface area contributed by atoms with Gasteiger partial charge in [0.1, 0.15) is 5.75 Å². The molecule has 1 aromatic heterocycles. The third-order valence-corrected chi connectivity index (χ3v) is 3.09. The first-order valence-corrected chi connectivity index (χ1v) is 6.86. The lowest BCUT2D eigenvalue weighted by atomic mass is 10.2. The molecule has 5 nitrogen and oxygen atoms in total. The smallest absolute Gasteiger partial charge is 0.347 e. The number of benzene rings is 2. The lowest BCUT2D eigenvalue weighted by Crippen LogP contribution is -2.11. The molecular formula is C17H15N3O2. The van der Waals surface area contributed by atoms with E-state index >= 15 is 0 Å². The molecule has 2 aromatic carbocycles. The normalized spacial score (nSPS) is 10.2. The molecular weight excluding hydrogens is 278 g/mol. The second-order valence-electron chi connectivity index (χ2n) is 4.82. The van der Waals surface area contributed by atoms with Gasteiger partial charge in [-0.1, -0.05) is 18.2 Å². The van der Waals surface area contributed by atoms with E-state index in [1.54, 1.807) is 0 Å². The molecule has 1 heterocycles. The number of rotatable bonds is 4. The Labute approximate surface area is 127 Å². The summed E-state index contributed by atoms with van der Waals surface area (Å²) in [4.78, 5) is 17.4. The van der Waals surface area contributed by atoms with Crippen LogP contribution in [0.2, 0.25) is 0 Å². The fourth-order valence-corrected chi connectivity index (χ4v) is 1.96. The number of aryl methyl sites for hydroxylation is 1. The highest BCUT2D eigenvalue weighted by Gasteiger charge is 2.03. The minimum Gasteiger partial charge on any atom is -0.441 e. The summed E-state index contributed by atoms with van der Waals surface area (Å²) in [5, 5.41) is 3.29. The summed E-state index contributed by atoms with van der Waals surface area (Å²) >= 11 is 0. The molecule has 0 atom stereocenters. The van der Waals surface area contributed by atoms with Gasteiger partial charge in [0.25, 0.3) is 0 Å². The van der Waals surface area contributed by atoms with Crippen molar-refractivity contribution >= 4 is 11.4 Å². The maximum Gasteiger partial charge on any atom is 0.347 e. The van der Waals surface area contributed by atoms with Crippen molar-refractivity contribution in [2.24, 2.45) is 0 Å². The Morgan fingerprint density at radius 2 is 1.68 bits per heavy atom. The van der Waals surface area contributed by atoms with Gasteiger partial charge in [-0.25, -0.2) is 9.78 Å². The van der Waals surface area contributed by atoms with E-state index < -0.39 is 5.69 Å². The number of nitrogens with one attached hydrogen (secondary N) is 2. The number of para-hydroxylation sites is 1. The van der Waals surface area contributed by atoms with E-state index in [2.05, 4.69) is 15.3 Å². The molecule has 0 aliphatic rings. The van der Waals surface area contributed by atoms with E-state index in [1.165, 1.54) is 6.20 Å². The van der Waals surface area contributed by atoms with Crippen LogP contribution < -0.4 is 15.7 Å². The van der Waals surface area contributed by atoms with Crippen molar-refractivity contribution in [3.8, 4) is 11.6 Å². The summed E-state index contributed by atoms with van der Waals surface area (Å²) in [6.45, 7) is 1.82. The summed E-state index contributed by atoms with van der Waals surface area (Å²) in [6.07, 6.45) is 1.49. The minimum atomic E-state index is -0.428. The van der Waals surface area contributed by atoms with Crippen molar-refractivity contribution in [1.29, 1.82) is 0 Å². The Kier molecular flexibility index (Phi) is 3.87. The van der Waals surface area contributed by atoms with Crippen molar-refractivity contribution in [2.75, 3.05) is 5.32 Å². The summed E-state index contributed by atoms with van der Waals surface area (Å²) in [7, 11) is 0. The average molecular weight is 293 g/mol. The fourth-order valence-electron chi connectivity index (χ4n) is 1.96. The van der Waals surface area contributed by atoms with E-state index in [0.717, 1.165) is 16.9 Å². The molecule has 3 aromatic rings.